The van der Waals surface area contributed by atoms with Gasteiger partial charge in [-0.1, -0.05) is 0 Å². The zero-order valence-corrected chi connectivity index (χ0v) is 7.19. The summed E-state index contributed by atoms with van der Waals surface area (Å²) >= 11 is 0. The van der Waals surface area contributed by atoms with Crippen LogP contribution in [-0.4, -0.2) is 17.7 Å². The molecule has 1 heterocycles. The second-order valence-corrected chi connectivity index (χ2v) is 2.17. The second kappa shape index (κ2) is 4.30. The van der Waals surface area contributed by atoms with Crippen molar-refractivity contribution in [2.75, 3.05) is 12.3 Å². The van der Waals surface area contributed by atoms with Crippen molar-refractivity contribution in [2.45, 2.75) is 6.92 Å². The van der Waals surface area contributed by atoms with Gasteiger partial charge in [0.2, 0.25) is 0 Å². The minimum Gasteiger partial charge on any atom is -0.434 e. The lowest BCUT2D eigenvalue weighted by Crippen LogP contribution is -2.11. The minimum atomic E-state index is -0.776. The van der Waals surface area contributed by atoms with Crippen molar-refractivity contribution in [1.29, 1.82) is 0 Å². The Balaban J connectivity index is 2.63. The molecule has 0 saturated carbocycles. The Morgan fingerprint density at radius 1 is 1.69 bits per heavy atom. The average molecular weight is 182 g/mol. The molecule has 2 N–H and O–H groups in total. The SMILES string of the molecule is CCOC(=O)Oc1cccnc1N. The number of pyridine rings is 1. The summed E-state index contributed by atoms with van der Waals surface area (Å²) in [6.45, 7) is 1.95. The number of carbonyl (C=O) groups excluding carboxylic acids is 1. The van der Waals surface area contributed by atoms with Crippen molar-refractivity contribution < 1.29 is 14.3 Å². The molecule has 0 bridgehead atoms. The zero-order valence-electron chi connectivity index (χ0n) is 7.19. The Bertz CT molecular complexity index is 301. The molecule has 70 valence electrons. The highest BCUT2D eigenvalue weighted by Crippen LogP contribution is 2.17. The molecule has 0 aromatic carbocycles. The molecule has 5 nitrogen and oxygen atoms in total. The molecular weight excluding hydrogens is 172 g/mol. The summed E-state index contributed by atoms with van der Waals surface area (Å²) in [5, 5.41) is 0. The molecule has 0 atom stereocenters. The van der Waals surface area contributed by atoms with Gasteiger partial charge in [-0.05, 0) is 19.1 Å². The fraction of sp³-hybridized carbons (Fsp3) is 0.250. The number of rotatable bonds is 2. The van der Waals surface area contributed by atoms with Gasteiger partial charge in [0.25, 0.3) is 0 Å². The van der Waals surface area contributed by atoms with E-state index in [1.165, 1.54) is 6.20 Å². The van der Waals surface area contributed by atoms with Crippen LogP contribution in [0.1, 0.15) is 6.92 Å². The predicted molar refractivity (Wildman–Crippen MR) is 46.3 cm³/mol. The first-order chi connectivity index (χ1) is 6.24. The summed E-state index contributed by atoms with van der Waals surface area (Å²) in [6.07, 6.45) is 0.732. The summed E-state index contributed by atoms with van der Waals surface area (Å²) in [7, 11) is 0. The molecule has 0 amide bonds. The van der Waals surface area contributed by atoms with Gasteiger partial charge >= 0.3 is 6.16 Å². The van der Waals surface area contributed by atoms with E-state index in [4.69, 9.17) is 10.5 Å². The first-order valence-electron chi connectivity index (χ1n) is 3.79. The molecule has 0 unspecified atom stereocenters. The minimum absolute atomic E-state index is 0.163. The average Bonchev–Trinajstić information content (AvgIpc) is 2.09. The molecule has 0 aliphatic rings. The predicted octanol–water partition coefficient (Wildman–Crippen LogP) is 1.20. The Morgan fingerprint density at radius 2 is 2.46 bits per heavy atom. The number of nitrogens with two attached hydrogens (primary N) is 1. The van der Waals surface area contributed by atoms with Crippen LogP contribution in [0.2, 0.25) is 0 Å². The van der Waals surface area contributed by atoms with Crippen LogP contribution in [0.5, 0.6) is 5.75 Å². The van der Waals surface area contributed by atoms with E-state index in [1.807, 2.05) is 0 Å². The summed E-state index contributed by atoms with van der Waals surface area (Å²) in [6, 6.07) is 3.16. The third-order valence-corrected chi connectivity index (χ3v) is 1.26. The summed E-state index contributed by atoms with van der Waals surface area (Å²) in [4.78, 5) is 14.6. The first kappa shape index (κ1) is 9.31. The fourth-order valence-corrected chi connectivity index (χ4v) is 0.726. The molecule has 0 aliphatic carbocycles. The molecule has 5 heteroatoms. The number of hydrogen-bond acceptors (Lipinski definition) is 5. The van der Waals surface area contributed by atoms with Crippen LogP contribution in [0.4, 0.5) is 10.6 Å². The quantitative estimate of drug-likeness (QED) is 0.695. The standard InChI is InChI=1S/C8H10N2O3/c1-2-12-8(11)13-6-4-3-5-10-7(6)9/h3-5H,2H2,1H3,(H2,9,10). The topological polar surface area (TPSA) is 74.4 Å². The van der Waals surface area contributed by atoms with Crippen molar-refractivity contribution >= 4 is 12.0 Å². The normalized spacial score (nSPS) is 9.31. The number of ether oxygens (including phenoxy) is 2. The Kier molecular flexibility index (Phi) is 3.08. The third-order valence-electron chi connectivity index (χ3n) is 1.26. The van der Waals surface area contributed by atoms with Gasteiger partial charge in [-0.2, -0.15) is 0 Å². The third kappa shape index (κ3) is 2.62. The Morgan fingerprint density at radius 3 is 3.08 bits per heavy atom. The maximum absolute atomic E-state index is 10.8. The Labute approximate surface area is 75.5 Å². The van der Waals surface area contributed by atoms with E-state index < -0.39 is 6.16 Å². The first-order valence-corrected chi connectivity index (χ1v) is 3.79. The summed E-state index contributed by atoms with van der Waals surface area (Å²) in [5.41, 5.74) is 5.42. The van der Waals surface area contributed by atoms with Gasteiger partial charge in [-0.25, -0.2) is 9.78 Å². The number of aromatic nitrogens is 1. The van der Waals surface area contributed by atoms with Crippen LogP contribution < -0.4 is 10.5 Å². The van der Waals surface area contributed by atoms with Gasteiger partial charge in [-0.3, -0.25) is 0 Å². The van der Waals surface area contributed by atoms with E-state index in [1.54, 1.807) is 19.1 Å². The van der Waals surface area contributed by atoms with Gasteiger partial charge in [0.1, 0.15) is 0 Å². The zero-order chi connectivity index (χ0) is 9.68. The fourth-order valence-electron chi connectivity index (χ4n) is 0.726. The van der Waals surface area contributed by atoms with E-state index in [0.717, 1.165) is 0 Å². The second-order valence-electron chi connectivity index (χ2n) is 2.17. The van der Waals surface area contributed by atoms with Gasteiger partial charge in [0.05, 0.1) is 6.61 Å². The van der Waals surface area contributed by atoms with Crippen molar-refractivity contribution in [3.05, 3.63) is 18.3 Å². The van der Waals surface area contributed by atoms with E-state index in [2.05, 4.69) is 9.72 Å². The van der Waals surface area contributed by atoms with Crippen molar-refractivity contribution in [3.63, 3.8) is 0 Å². The lowest BCUT2D eigenvalue weighted by molar-refractivity contribution is 0.104. The molecule has 1 rings (SSSR count). The maximum atomic E-state index is 10.8. The van der Waals surface area contributed by atoms with Gasteiger partial charge in [0.15, 0.2) is 11.6 Å². The van der Waals surface area contributed by atoms with Crippen molar-refractivity contribution in [2.24, 2.45) is 0 Å². The summed E-state index contributed by atoms with van der Waals surface area (Å²) < 4.78 is 9.29. The van der Waals surface area contributed by atoms with Gasteiger partial charge < -0.3 is 15.2 Å². The lowest BCUT2D eigenvalue weighted by atomic mass is 10.4. The van der Waals surface area contributed by atoms with Crippen LogP contribution in [0, 0.1) is 0 Å². The smallest absolute Gasteiger partial charge is 0.434 e. The largest absolute Gasteiger partial charge is 0.513 e. The van der Waals surface area contributed by atoms with Crippen LogP contribution >= 0.6 is 0 Å². The van der Waals surface area contributed by atoms with E-state index in [9.17, 15) is 4.79 Å². The maximum Gasteiger partial charge on any atom is 0.513 e. The molecule has 0 spiro atoms. The number of carbonyl (C=O) groups is 1. The molecule has 13 heavy (non-hydrogen) atoms. The monoisotopic (exact) mass is 182 g/mol. The van der Waals surface area contributed by atoms with Crippen LogP contribution in [0.15, 0.2) is 18.3 Å². The highest BCUT2D eigenvalue weighted by atomic mass is 16.7. The molecule has 0 radical (unpaired) electrons. The number of nitrogen functional groups attached to an aromatic ring is 1. The van der Waals surface area contributed by atoms with E-state index >= 15 is 0 Å². The number of hydrogen-bond donors (Lipinski definition) is 1. The highest BCUT2D eigenvalue weighted by Gasteiger charge is 2.07. The number of nitrogens with zero attached hydrogens (tertiary/aromatic N) is 1. The highest BCUT2D eigenvalue weighted by molar-refractivity contribution is 5.66. The van der Waals surface area contributed by atoms with Crippen molar-refractivity contribution in [1.82, 2.24) is 4.98 Å². The summed E-state index contributed by atoms with van der Waals surface area (Å²) in [5.74, 6) is 0.372. The van der Waals surface area contributed by atoms with Crippen LogP contribution in [-0.2, 0) is 4.74 Å². The molecule has 0 saturated heterocycles. The molecule has 0 aliphatic heterocycles. The number of anilines is 1. The molecule has 1 aromatic rings. The van der Waals surface area contributed by atoms with Gasteiger partial charge in [0, 0.05) is 6.20 Å². The molecule has 0 fully saturated rings. The van der Waals surface area contributed by atoms with Crippen LogP contribution in [0.3, 0.4) is 0 Å². The van der Waals surface area contributed by atoms with Crippen molar-refractivity contribution in [3.8, 4) is 5.75 Å². The lowest BCUT2D eigenvalue weighted by Gasteiger charge is -2.04. The molecular formula is C8H10N2O3. The Hall–Kier alpha value is -1.78. The van der Waals surface area contributed by atoms with Gasteiger partial charge in [-0.15, -0.1) is 0 Å². The van der Waals surface area contributed by atoms with E-state index in [0.29, 0.717) is 0 Å². The molecule has 1 aromatic heterocycles. The van der Waals surface area contributed by atoms with Crippen LogP contribution in [0.25, 0.3) is 0 Å². The van der Waals surface area contributed by atoms with E-state index in [-0.39, 0.29) is 18.2 Å².